The molecule has 9 nitrogen and oxygen atoms in total. The average molecular weight is 491 g/mol. The summed E-state index contributed by atoms with van der Waals surface area (Å²) in [6.07, 6.45) is 6.71. The molecule has 2 heterocycles. The summed E-state index contributed by atoms with van der Waals surface area (Å²) in [5.74, 6) is -1.68. The van der Waals surface area contributed by atoms with Crippen molar-refractivity contribution in [1.82, 2.24) is 15.3 Å². The fraction of sp³-hybridized carbons (Fsp3) is 0.292. The van der Waals surface area contributed by atoms with E-state index in [1.807, 2.05) is 6.92 Å². The molecular formula is C24H28F2N4O5. The second-order valence-corrected chi connectivity index (χ2v) is 6.64. The molecule has 1 amide bonds. The van der Waals surface area contributed by atoms with Crippen LogP contribution in [0.4, 0.5) is 8.78 Å². The first-order valence-electron chi connectivity index (χ1n) is 10.4. The number of alkyl halides is 1. The number of oxazole rings is 1. The largest absolute Gasteiger partial charge is 0.496 e. The third-order valence-corrected chi connectivity index (χ3v) is 4.42. The van der Waals surface area contributed by atoms with Gasteiger partial charge in [-0.2, -0.15) is 0 Å². The van der Waals surface area contributed by atoms with Crippen LogP contribution in [0.15, 0.2) is 52.5 Å². The highest BCUT2D eigenvalue weighted by Gasteiger charge is 2.20. The van der Waals surface area contributed by atoms with Crippen molar-refractivity contribution in [1.29, 1.82) is 0 Å². The van der Waals surface area contributed by atoms with Crippen molar-refractivity contribution in [2.45, 2.75) is 19.8 Å². The smallest absolute Gasteiger partial charge is 0.339 e. The Balaban J connectivity index is 0.000000926. The van der Waals surface area contributed by atoms with Crippen LogP contribution in [0.1, 0.15) is 39.8 Å². The Kier molecular flexibility index (Phi) is 12.9. The molecular weight excluding hydrogens is 462 g/mol. The van der Waals surface area contributed by atoms with Crippen molar-refractivity contribution in [3.05, 3.63) is 65.7 Å². The van der Waals surface area contributed by atoms with Gasteiger partial charge in [0.2, 0.25) is 0 Å². The number of carbonyl (C=O) groups is 2. The fourth-order valence-electron chi connectivity index (χ4n) is 2.80. The average Bonchev–Trinajstić information content (AvgIpc) is 3.37. The minimum atomic E-state index is -1.17. The molecule has 3 aromatic rings. The fourth-order valence-corrected chi connectivity index (χ4v) is 2.80. The Morgan fingerprint density at radius 2 is 1.97 bits per heavy atom. The molecule has 2 N–H and O–H groups in total. The number of halogens is 2. The summed E-state index contributed by atoms with van der Waals surface area (Å²) in [6.45, 7) is 2.23. The van der Waals surface area contributed by atoms with E-state index in [9.17, 15) is 23.5 Å². The summed E-state index contributed by atoms with van der Waals surface area (Å²) in [6, 6.07) is 5.82. The number of hydrogen-bond acceptors (Lipinski definition) is 7. The third kappa shape index (κ3) is 8.95. The SMILES string of the molecule is CC=NC.CF.COc1ccc(-c2ocnc2C(=O)NCCCc2cncc(F)c2)cc1C(=O)O. The minimum Gasteiger partial charge on any atom is -0.496 e. The summed E-state index contributed by atoms with van der Waals surface area (Å²) < 4.78 is 33.0. The molecule has 0 fully saturated rings. The van der Waals surface area contributed by atoms with Gasteiger partial charge in [0.05, 0.1) is 20.5 Å². The number of nitrogens with one attached hydrogen (secondary N) is 1. The van der Waals surface area contributed by atoms with Gasteiger partial charge in [0.25, 0.3) is 5.91 Å². The molecule has 0 saturated carbocycles. The molecule has 0 spiro atoms. The molecule has 35 heavy (non-hydrogen) atoms. The van der Waals surface area contributed by atoms with Crippen molar-refractivity contribution in [2.75, 3.05) is 27.9 Å². The number of carboxylic acids is 1. The Bertz CT molecular complexity index is 1110. The maximum absolute atomic E-state index is 13.1. The summed E-state index contributed by atoms with van der Waals surface area (Å²) in [7, 11) is 3.62. The number of carbonyl (C=O) groups excluding carboxylic acids is 1. The lowest BCUT2D eigenvalue weighted by Crippen LogP contribution is -2.25. The number of nitrogens with zero attached hydrogens (tertiary/aromatic N) is 3. The van der Waals surface area contributed by atoms with Gasteiger partial charge in [-0.25, -0.2) is 14.2 Å². The Morgan fingerprint density at radius 3 is 2.57 bits per heavy atom. The van der Waals surface area contributed by atoms with Gasteiger partial charge in [-0.3, -0.25) is 14.2 Å². The molecule has 0 atom stereocenters. The van der Waals surface area contributed by atoms with E-state index in [1.54, 1.807) is 25.5 Å². The number of benzene rings is 1. The minimum absolute atomic E-state index is 0.0407. The van der Waals surface area contributed by atoms with Crippen molar-refractivity contribution >= 4 is 18.1 Å². The lowest BCUT2D eigenvalue weighted by atomic mass is 10.1. The zero-order chi connectivity index (χ0) is 26.2. The first kappa shape index (κ1) is 28.9. The van der Waals surface area contributed by atoms with Crippen molar-refractivity contribution in [3.8, 4) is 17.1 Å². The maximum atomic E-state index is 13.1. The topological polar surface area (TPSA) is 127 Å². The van der Waals surface area contributed by atoms with Gasteiger partial charge in [0.15, 0.2) is 17.8 Å². The van der Waals surface area contributed by atoms with Crippen LogP contribution in [0.5, 0.6) is 5.75 Å². The number of amides is 1. The molecule has 0 aliphatic rings. The van der Waals surface area contributed by atoms with E-state index in [2.05, 4.69) is 20.3 Å². The van der Waals surface area contributed by atoms with Crippen molar-refractivity contribution < 1.29 is 32.6 Å². The normalized spacial score (nSPS) is 10.0. The zero-order valence-corrected chi connectivity index (χ0v) is 19.9. The number of pyridine rings is 1. The van der Waals surface area contributed by atoms with Gasteiger partial charge in [0.1, 0.15) is 17.1 Å². The van der Waals surface area contributed by atoms with E-state index in [0.29, 0.717) is 32.1 Å². The van der Waals surface area contributed by atoms with Crippen LogP contribution in [-0.2, 0) is 6.42 Å². The zero-order valence-electron chi connectivity index (χ0n) is 19.9. The number of carboxylic acid groups (broad SMARTS) is 1. The van der Waals surface area contributed by atoms with E-state index >= 15 is 0 Å². The van der Waals surface area contributed by atoms with E-state index in [4.69, 9.17) is 9.15 Å². The van der Waals surface area contributed by atoms with Crippen LogP contribution in [0.3, 0.4) is 0 Å². The predicted octanol–water partition coefficient (Wildman–Crippen LogP) is 4.24. The summed E-state index contributed by atoms with van der Waals surface area (Å²) in [4.78, 5) is 35.2. The molecule has 188 valence electrons. The molecule has 11 heteroatoms. The van der Waals surface area contributed by atoms with Gasteiger partial charge in [-0.05, 0) is 55.8 Å². The second kappa shape index (κ2) is 15.6. The molecule has 0 saturated heterocycles. The van der Waals surface area contributed by atoms with E-state index in [0.717, 1.165) is 18.2 Å². The maximum Gasteiger partial charge on any atom is 0.339 e. The Morgan fingerprint density at radius 1 is 1.26 bits per heavy atom. The van der Waals surface area contributed by atoms with Gasteiger partial charge < -0.3 is 24.6 Å². The Hall–Kier alpha value is -4.15. The number of aryl methyl sites for hydroxylation is 1. The van der Waals surface area contributed by atoms with Crippen LogP contribution in [0, 0.1) is 5.82 Å². The van der Waals surface area contributed by atoms with Crippen LogP contribution >= 0.6 is 0 Å². The van der Waals surface area contributed by atoms with E-state index in [-0.39, 0.29) is 22.8 Å². The highest BCUT2D eigenvalue weighted by atomic mass is 19.1. The van der Waals surface area contributed by atoms with Crippen molar-refractivity contribution in [2.24, 2.45) is 4.99 Å². The molecule has 0 aliphatic heterocycles. The molecule has 3 rings (SSSR count). The number of aliphatic imine (C=N–C) groups is 1. The second-order valence-electron chi connectivity index (χ2n) is 6.64. The first-order chi connectivity index (χ1) is 16.9. The lowest BCUT2D eigenvalue weighted by molar-refractivity contribution is 0.0693. The van der Waals surface area contributed by atoms with Crippen LogP contribution < -0.4 is 10.1 Å². The van der Waals surface area contributed by atoms with Crippen LogP contribution in [0.25, 0.3) is 11.3 Å². The standard InChI is InChI=1S/C20H18FN3O5.C3H7N.CH3F/c1-28-16-5-4-13(8-15(16)20(26)27)18-17(24-11-29-18)19(25)23-6-2-3-12-7-14(21)10-22-9-12;1-3-4-2;1-2/h4-5,7-11H,2-3,6H2,1H3,(H,23,25)(H,26,27);3H,1-2H3;1H3. The van der Waals surface area contributed by atoms with Crippen molar-refractivity contribution in [3.63, 3.8) is 0 Å². The van der Waals surface area contributed by atoms with E-state index < -0.39 is 17.7 Å². The molecule has 0 radical (unpaired) electrons. The number of methoxy groups -OCH3 is 1. The van der Waals surface area contributed by atoms with Gasteiger partial charge in [-0.15, -0.1) is 0 Å². The van der Waals surface area contributed by atoms with Gasteiger partial charge in [0, 0.05) is 25.4 Å². The predicted molar refractivity (Wildman–Crippen MR) is 127 cm³/mol. The number of rotatable bonds is 8. The highest BCUT2D eigenvalue weighted by Crippen LogP contribution is 2.28. The van der Waals surface area contributed by atoms with Crippen LogP contribution in [-0.4, -0.2) is 61.0 Å². The summed E-state index contributed by atoms with van der Waals surface area (Å²) in [5, 5.41) is 12.0. The molecule has 0 aliphatic carbocycles. The summed E-state index contributed by atoms with van der Waals surface area (Å²) >= 11 is 0. The number of aromatic carboxylic acids is 1. The third-order valence-electron chi connectivity index (χ3n) is 4.42. The van der Waals surface area contributed by atoms with Crippen LogP contribution in [0.2, 0.25) is 0 Å². The number of aromatic nitrogens is 2. The Labute approximate surface area is 201 Å². The quantitative estimate of drug-likeness (QED) is 0.357. The number of ether oxygens (including phenoxy) is 1. The van der Waals surface area contributed by atoms with E-state index in [1.165, 1.54) is 25.3 Å². The molecule has 1 aromatic carbocycles. The first-order valence-corrected chi connectivity index (χ1v) is 10.4. The summed E-state index contributed by atoms with van der Waals surface area (Å²) in [5.41, 5.74) is 1.10. The molecule has 0 unspecified atom stereocenters. The molecule has 0 bridgehead atoms. The monoisotopic (exact) mass is 490 g/mol. The van der Waals surface area contributed by atoms with Gasteiger partial charge >= 0.3 is 5.97 Å². The number of hydrogen-bond donors (Lipinski definition) is 2. The highest BCUT2D eigenvalue weighted by molar-refractivity contribution is 5.98. The lowest BCUT2D eigenvalue weighted by Gasteiger charge is -2.08. The van der Waals surface area contributed by atoms with Gasteiger partial charge in [-0.1, -0.05) is 0 Å². The molecule has 2 aromatic heterocycles.